The number of aliphatic hydroxyl groups excluding tert-OH is 1. The summed E-state index contributed by atoms with van der Waals surface area (Å²) in [5.74, 6) is 0. The Kier molecular flexibility index (Phi) is 8.24. The molecule has 0 rings (SSSR count). The summed E-state index contributed by atoms with van der Waals surface area (Å²) >= 11 is 0. The van der Waals surface area contributed by atoms with Gasteiger partial charge in [-0.2, -0.15) is 0 Å². The number of hydrogen-bond donors (Lipinski definition) is 1. The smallest absolute Gasteiger partial charge is 0.194 e. The van der Waals surface area contributed by atoms with Crippen LogP contribution in [-0.2, 0) is 0 Å². The van der Waals surface area contributed by atoms with Gasteiger partial charge < -0.3 is 5.11 Å². The summed E-state index contributed by atoms with van der Waals surface area (Å²) in [5.41, 5.74) is 0. The predicted molar refractivity (Wildman–Crippen MR) is 30.3 cm³/mol. The summed E-state index contributed by atoms with van der Waals surface area (Å²) in [4.78, 5) is 8.31. The normalized spacial score (nSPS) is 7.62. The van der Waals surface area contributed by atoms with Crippen LogP contribution >= 0.6 is 0 Å². The molecule has 0 radical (unpaired) electrons. The maximum absolute atomic E-state index is 8.81. The third kappa shape index (κ3) is 249. The maximum atomic E-state index is 8.81. The Hall–Kier alpha value is -0.640. The fourth-order valence-electron chi connectivity index (χ4n) is 0. The molecule has 0 aromatic carbocycles. The van der Waals surface area contributed by atoms with Crippen molar-refractivity contribution >= 4 is 0 Å². The molecule has 0 aliphatic carbocycles. The Morgan fingerprint density at radius 3 is 1.62 bits per heavy atom. The van der Waals surface area contributed by atoms with Gasteiger partial charge in [0.1, 0.15) is 0 Å². The first-order valence-corrected chi connectivity index (χ1v) is 2.23. The van der Waals surface area contributed by atoms with Crippen molar-refractivity contribution in [3.8, 4) is 0 Å². The van der Waals surface area contributed by atoms with Crippen LogP contribution < -0.4 is 0 Å². The average Bonchev–Trinajstić information content (AvgIpc) is 1.25. The minimum Gasteiger partial charge on any atom is -0.394 e. The molecule has 4 nitrogen and oxygen atoms in total. The van der Waals surface area contributed by atoms with Crippen molar-refractivity contribution in [1.82, 2.24) is 0 Å². The van der Waals surface area contributed by atoms with Crippen molar-refractivity contribution in [2.24, 2.45) is 0 Å². The Labute approximate surface area is 48.3 Å². The van der Waals surface area contributed by atoms with E-state index in [1.54, 1.807) is 13.8 Å². The van der Waals surface area contributed by atoms with E-state index in [1.807, 2.05) is 0 Å². The molecule has 0 bridgehead atoms. The van der Waals surface area contributed by atoms with E-state index in [4.69, 9.17) is 15.2 Å². The van der Waals surface area contributed by atoms with Crippen LogP contribution in [0.4, 0.5) is 0 Å². The van der Waals surface area contributed by atoms with Crippen LogP contribution in [0.1, 0.15) is 13.8 Å². The van der Waals surface area contributed by atoms with Crippen LogP contribution in [0.2, 0.25) is 0 Å². The Bertz CT molecular complexity index is 55.5. The molecule has 1 N–H and O–H groups in total. The predicted octanol–water partition coefficient (Wildman–Crippen LogP) is 0.280. The van der Waals surface area contributed by atoms with Crippen LogP contribution in [0.25, 0.3) is 0 Å². The van der Waals surface area contributed by atoms with Gasteiger partial charge in [0.15, 0.2) is 7.05 Å². The van der Waals surface area contributed by atoms with Gasteiger partial charge in [-0.25, -0.2) is 0 Å². The number of nitro groups is 1. The fourth-order valence-corrected chi connectivity index (χ4v) is 0. The lowest BCUT2D eigenvalue weighted by molar-refractivity contribution is -0.445. The first-order valence-electron chi connectivity index (χ1n) is 2.23. The second-order valence-corrected chi connectivity index (χ2v) is 1.53. The molecular weight excluding hydrogens is 110 g/mol. The minimum absolute atomic E-state index is 0.167. The largest absolute Gasteiger partial charge is 0.394 e. The number of nitrogens with zero attached hydrogens (tertiary/aromatic N) is 1. The molecule has 4 heteroatoms. The van der Waals surface area contributed by atoms with E-state index in [2.05, 4.69) is 0 Å². The van der Waals surface area contributed by atoms with Gasteiger partial charge in [0, 0.05) is 11.0 Å². The first-order chi connectivity index (χ1) is 3.46. The van der Waals surface area contributed by atoms with Gasteiger partial charge >= 0.3 is 0 Å². The topological polar surface area (TPSA) is 63.4 Å². The highest BCUT2D eigenvalue weighted by molar-refractivity contribution is 4.20. The van der Waals surface area contributed by atoms with E-state index < -0.39 is 4.92 Å². The average molecular weight is 121 g/mol. The molecule has 0 heterocycles. The summed E-state index contributed by atoms with van der Waals surface area (Å²) in [7, 11) is 0.889. The van der Waals surface area contributed by atoms with Gasteiger partial charge in [0.2, 0.25) is 0 Å². The lowest BCUT2D eigenvalue weighted by Crippen LogP contribution is -1.85. The third-order valence-electron chi connectivity index (χ3n) is 0. The van der Waals surface area contributed by atoms with Gasteiger partial charge in [0.25, 0.3) is 0 Å². The molecule has 0 amide bonds. The number of aliphatic hydroxyl groups is 1. The molecule has 0 aromatic heterocycles. The summed E-state index contributed by atoms with van der Waals surface area (Å²) in [6, 6.07) is 0. The molecule has 0 saturated heterocycles. The zero-order valence-electron chi connectivity index (χ0n) is 5.29. The van der Waals surface area contributed by atoms with Crippen molar-refractivity contribution < 1.29 is 10.0 Å². The quantitative estimate of drug-likeness (QED) is 0.370. The van der Waals surface area contributed by atoms with E-state index in [0.717, 1.165) is 7.05 Å². The summed E-state index contributed by atoms with van der Waals surface area (Å²) in [6.45, 7) is 3.44. The molecule has 0 aromatic rings. The van der Waals surface area contributed by atoms with Gasteiger partial charge in [0.05, 0.1) is 0 Å². The molecule has 0 spiro atoms. The van der Waals surface area contributed by atoms with E-state index in [1.165, 1.54) is 0 Å². The first kappa shape index (κ1) is 10.4. The van der Waals surface area contributed by atoms with E-state index in [9.17, 15) is 0 Å². The monoisotopic (exact) mass is 121 g/mol. The molecule has 0 unspecified atom stereocenters. The lowest BCUT2D eigenvalue weighted by Gasteiger charge is -1.80. The van der Waals surface area contributed by atoms with E-state index in [-0.39, 0.29) is 6.10 Å². The zero-order valence-corrected chi connectivity index (χ0v) is 5.29. The molecule has 0 fully saturated rings. The van der Waals surface area contributed by atoms with Crippen molar-refractivity contribution in [3.05, 3.63) is 10.1 Å². The van der Waals surface area contributed by atoms with Gasteiger partial charge in [-0.15, -0.1) is 0 Å². The van der Waals surface area contributed by atoms with Crippen molar-refractivity contribution in [1.29, 1.82) is 0 Å². The zero-order chi connectivity index (χ0) is 7.15. The van der Waals surface area contributed by atoms with Crippen molar-refractivity contribution in [3.63, 3.8) is 0 Å². The fraction of sp³-hybridized carbons (Fsp3) is 1.00. The highest BCUT2D eigenvalue weighted by Gasteiger charge is 1.69. The van der Waals surface area contributed by atoms with Crippen LogP contribution in [-0.4, -0.2) is 23.2 Å². The lowest BCUT2D eigenvalue weighted by atomic mass is 10.5. The molecule has 0 atom stereocenters. The third-order valence-corrected chi connectivity index (χ3v) is 0. The highest BCUT2D eigenvalue weighted by Crippen LogP contribution is 1.65. The van der Waals surface area contributed by atoms with E-state index >= 15 is 0 Å². The number of hydrogen-bond acceptors (Lipinski definition) is 3. The molecule has 0 aliphatic rings. The molecule has 8 heavy (non-hydrogen) atoms. The van der Waals surface area contributed by atoms with Crippen LogP contribution in [0.3, 0.4) is 0 Å². The standard InChI is InChI=1S/C3H8O.CH3NO2/c1-3(2)4;1-2(3)4/h3-4H,1-2H3;1H3. The van der Waals surface area contributed by atoms with Gasteiger partial charge in [-0.3, -0.25) is 10.1 Å². The molecule has 50 valence electrons. The molecular formula is C4H11NO3. The SMILES string of the molecule is CC(C)O.C[N+](=O)[O-]. The van der Waals surface area contributed by atoms with Crippen LogP contribution in [0, 0.1) is 10.1 Å². The molecule has 0 aliphatic heterocycles. The minimum atomic E-state index is -0.500. The Morgan fingerprint density at radius 2 is 1.62 bits per heavy atom. The highest BCUT2D eigenvalue weighted by atomic mass is 16.6. The van der Waals surface area contributed by atoms with Gasteiger partial charge in [-0.05, 0) is 13.8 Å². The van der Waals surface area contributed by atoms with Gasteiger partial charge in [-0.1, -0.05) is 0 Å². The second kappa shape index (κ2) is 6.36. The summed E-state index contributed by atoms with van der Waals surface area (Å²) in [5, 5.41) is 16.9. The summed E-state index contributed by atoms with van der Waals surface area (Å²) < 4.78 is 0. The number of rotatable bonds is 0. The molecule has 0 saturated carbocycles. The second-order valence-electron chi connectivity index (χ2n) is 1.53. The van der Waals surface area contributed by atoms with Crippen molar-refractivity contribution in [2.45, 2.75) is 20.0 Å². The Balaban J connectivity index is 0. The van der Waals surface area contributed by atoms with E-state index in [0.29, 0.717) is 0 Å². The van der Waals surface area contributed by atoms with Crippen LogP contribution in [0.5, 0.6) is 0 Å². The van der Waals surface area contributed by atoms with Crippen LogP contribution in [0.15, 0.2) is 0 Å². The van der Waals surface area contributed by atoms with Crippen molar-refractivity contribution in [2.75, 3.05) is 7.05 Å². The summed E-state index contributed by atoms with van der Waals surface area (Å²) in [6.07, 6.45) is -0.167. The Morgan fingerprint density at radius 1 is 1.62 bits per heavy atom. The maximum Gasteiger partial charge on any atom is 0.194 e.